The highest BCUT2D eigenvalue weighted by Gasteiger charge is 2.09. The second kappa shape index (κ2) is 8.27. The Bertz CT molecular complexity index is 512. The van der Waals surface area contributed by atoms with E-state index in [1.165, 1.54) is 0 Å². The van der Waals surface area contributed by atoms with E-state index in [1.54, 1.807) is 6.92 Å². The van der Waals surface area contributed by atoms with Gasteiger partial charge >= 0.3 is 0 Å². The monoisotopic (exact) mass is 299 g/mol. The highest BCUT2D eigenvalue weighted by atomic mass is 32.2. The standard InChI is InChI=1S/C15H25NO3S/c1-4-16-12-14-9-6-8-13(3)15(14)19-10-7-11-20(17,18)5-2/h6,8-9,16H,4-5,7,10-12H2,1-3H3. The first-order valence-electron chi connectivity index (χ1n) is 7.12. The third-order valence-corrected chi connectivity index (χ3v) is 4.94. The molecule has 4 nitrogen and oxygen atoms in total. The lowest BCUT2D eigenvalue weighted by atomic mass is 10.1. The van der Waals surface area contributed by atoms with Crippen molar-refractivity contribution in [3.63, 3.8) is 0 Å². The molecule has 0 fully saturated rings. The van der Waals surface area contributed by atoms with Crippen LogP contribution in [0.5, 0.6) is 5.75 Å². The van der Waals surface area contributed by atoms with Crippen molar-refractivity contribution in [1.82, 2.24) is 5.32 Å². The van der Waals surface area contributed by atoms with Crippen molar-refractivity contribution in [1.29, 1.82) is 0 Å². The Morgan fingerprint density at radius 1 is 1.25 bits per heavy atom. The molecule has 20 heavy (non-hydrogen) atoms. The molecule has 114 valence electrons. The van der Waals surface area contributed by atoms with Gasteiger partial charge < -0.3 is 10.1 Å². The smallest absolute Gasteiger partial charge is 0.150 e. The van der Waals surface area contributed by atoms with E-state index in [0.29, 0.717) is 13.0 Å². The highest BCUT2D eigenvalue weighted by Crippen LogP contribution is 2.23. The third kappa shape index (κ3) is 5.51. The van der Waals surface area contributed by atoms with Crippen LogP contribution in [0.3, 0.4) is 0 Å². The summed E-state index contributed by atoms with van der Waals surface area (Å²) in [6, 6.07) is 6.05. The molecule has 0 radical (unpaired) electrons. The van der Waals surface area contributed by atoms with Gasteiger partial charge in [0.2, 0.25) is 0 Å². The Balaban J connectivity index is 2.58. The summed E-state index contributed by atoms with van der Waals surface area (Å²) in [4.78, 5) is 0. The van der Waals surface area contributed by atoms with E-state index in [0.717, 1.165) is 30.0 Å². The number of aryl methyl sites for hydroxylation is 1. The Kier molecular flexibility index (Phi) is 7.02. The Hall–Kier alpha value is -1.07. The van der Waals surface area contributed by atoms with Gasteiger partial charge in [-0.25, -0.2) is 8.42 Å². The van der Waals surface area contributed by atoms with Crippen LogP contribution >= 0.6 is 0 Å². The van der Waals surface area contributed by atoms with Crippen molar-refractivity contribution in [2.45, 2.75) is 33.7 Å². The molecule has 0 saturated heterocycles. The molecule has 0 atom stereocenters. The zero-order chi connectivity index (χ0) is 15.0. The molecule has 0 aliphatic heterocycles. The fraction of sp³-hybridized carbons (Fsp3) is 0.600. The van der Waals surface area contributed by atoms with Crippen molar-refractivity contribution in [2.75, 3.05) is 24.7 Å². The second-order valence-corrected chi connectivity index (χ2v) is 7.25. The van der Waals surface area contributed by atoms with E-state index in [-0.39, 0.29) is 11.5 Å². The Labute approximate surface area is 122 Å². The van der Waals surface area contributed by atoms with Gasteiger partial charge in [0.1, 0.15) is 15.6 Å². The lowest BCUT2D eigenvalue weighted by Gasteiger charge is -2.14. The van der Waals surface area contributed by atoms with Crippen LogP contribution in [0.2, 0.25) is 0 Å². The maximum absolute atomic E-state index is 11.4. The van der Waals surface area contributed by atoms with Gasteiger partial charge in [0.25, 0.3) is 0 Å². The molecule has 1 aromatic rings. The average Bonchev–Trinajstić information content (AvgIpc) is 2.43. The zero-order valence-corrected chi connectivity index (χ0v) is 13.4. The van der Waals surface area contributed by atoms with Crippen LogP contribution in [0.4, 0.5) is 0 Å². The quantitative estimate of drug-likeness (QED) is 0.711. The van der Waals surface area contributed by atoms with E-state index in [4.69, 9.17) is 4.74 Å². The number of sulfone groups is 1. The van der Waals surface area contributed by atoms with Gasteiger partial charge in [-0.3, -0.25) is 0 Å². The topological polar surface area (TPSA) is 55.4 Å². The molecule has 0 saturated carbocycles. The molecule has 0 bridgehead atoms. The molecule has 0 heterocycles. The second-order valence-electron chi connectivity index (χ2n) is 4.78. The van der Waals surface area contributed by atoms with Gasteiger partial charge in [-0.2, -0.15) is 0 Å². The lowest BCUT2D eigenvalue weighted by molar-refractivity contribution is 0.311. The summed E-state index contributed by atoms with van der Waals surface area (Å²) in [6.45, 7) is 7.84. The Morgan fingerprint density at radius 2 is 2.00 bits per heavy atom. The van der Waals surface area contributed by atoms with E-state index >= 15 is 0 Å². The molecule has 0 amide bonds. The molecule has 1 aromatic carbocycles. The highest BCUT2D eigenvalue weighted by molar-refractivity contribution is 7.91. The van der Waals surface area contributed by atoms with E-state index < -0.39 is 9.84 Å². The third-order valence-electron chi connectivity index (χ3n) is 3.14. The first-order chi connectivity index (χ1) is 9.50. The van der Waals surface area contributed by atoms with E-state index in [9.17, 15) is 8.42 Å². The molecule has 0 unspecified atom stereocenters. The van der Waals surface area contributed by atoms with Crippen LogP contribution in [0, 0.1) is 6.92 Å². The minimum atomic E-state index is -2.90. The van der Waals surface area contributed by atoms with Crippen LogP contribution in [0.15, 0.2) is 18.2 Å². The maximum atomic E-state index is 11.4. The van der Waals surface area contributed by atoms with Gasteiger partial charge in [-0.15, -0.1) is 0 Å². The number of benzene rings is 1. The number of ether oxygens (including phenoxy) is 1. The molecule has 1 rings (SSSR count). The molecule has 0 aliphatic rings. The van der Waals surface area contributed by atoms with Crippen LogP contribution in [0.1, 0.15) is 31.4 Å². The van der Waals surface area contributed by atoms with Gasteiger partial charge in [-0.05, 0) is 25.5 Å². The molecular formula is C15H25NO3S. The van der Waals surface area contributed by atoms with E-state index in [1.807, 2.05) is 25.1 Å². The number of hydrogen-bond donors (Lipinski definition) is 1. The van der Waals surface area contributed by atoms with Gasteiger partial charge in [0, 0.05) is 17.9 Å². The largest absolute Gasteiger partial charge is 0.493 e. The summed E-state index contributed by atoms with van der Waals surface area (Å²) in [5, 5.41) is 3.28. The predicted molar refractivity (Wildman–Crippen MR) is 83.0 cm³/mol. The number of hydrogen-bond acceptors (Lipinski definition) is 4. The van der Waals surface area contributed by atoms with Gasteiger partial charge in [0.15, 0.2) is 0 Å². The lowest BCUT2D eigenvalue weighted by Crippen LogP contribution is -2.15. The maximum Gasteiger partial charge on any atom is 0.150 e. The first kappa shape index (κ1) is 17.0. The first-order valence-corrected chi connectivity index (χ1v) is 8.94. The molecule has 5 heteroatoms. The summed E-state index contributed by atoms with van der Waals surface area (Å²) in [5.74, 6) is 1.27. The zero-order valence-electron chi connectivity index (χ0n) is 12.6. The van der Waals surface area contributed by atoms with Crippen LogP contribution in [-0.4, -0.2) is 33.1 Å². The van der Waals surface area contributed by atoms with Crippen molar-refractivity contribution in [3.8, 4) is 5.75 Å². The number of rotatable bonds is 9. The fourth-order valence-electron chi connectivity index (χ4n) is 1.92. The van der Waals surface area contributed by atoms with E-state index in [2.05, 4.69) is 12.2 Å². The summed E-state index contributed by atoms with van der Waals surface area (Å²) in [6.07, 6.45) is 0.533. The summed E-state index contributed by atoms with van der Waals surface area (Å²) >= 11 is 0. The number of para-hydroxylation sites is 1. The van der Waals surface area contributed by atoms with Crippen molar-refractivity contribution < 1.29 is 13.2 Å². The molecule has 0 aromatic heterocycles. The Morgan fingerprint density at radius 3 is 2.65 bits per heavy atom. The fourth-order valence-corrected chi connectivity index (χ4v) is 2.76. The summed E-state index contributed by atoms with van der Waals surface area (Å²) < 4.78 is 28.6. The number of nitrogens with one attached hydrogen (secondary N) is 1. The molecule has 1 N–H and O–H groups in total. The normalized spacial score (nSPS) is 11.6. The minimum absolute atomic E-state index is 0.192. The summed E-state index contributed by atoms with van der Waals surface area (Å²) in [5.41, 5.74) is 2.20. The van der Waals surface area contributed by atoms with Crippen molar-refractivity contribution >= 4 is 9.84 Å². The van der Waals surface area contributed by atoms with Crippen LogP contribution in [0.25, 0.3) is 0 Å². The molecular weight excluding hydrogens is 274 g/mol. The molecule has 0 spiro atoms. The predicted octanol–water partition coefficient (Wildman–Crippen LogP) is 2.31. The van der Waals surface area contributed by atoms with Crippen LogP contribution in [-0.2, 0) is 16.4 Å². The van der Waals surface area contributed by atoms with Crippen LogP contribution < -0.4 is 10.1 Å². The van der Waals surface area contributed by atoms with Crippen molar-refractivity contribution in [3.05, 3.63) is 29.3 Å². The SMILES string of the molecule is CCNCc1cccc(C)c1OCCCS(=O)(=O)CC. The van der Waals surface area contributed by atoms with Crippen molar-refractivity contribution in [2.24, 2.45) is 0 Å². The average molecular weight is 299 g/mol. The molecule has 0 aliphatic carbocycles. The van der Waals surface area contributed by atoms with Gasteiger partial charge in [-0.1, -0.05) is 32.0 Å². The minimum Gasteiger partial charge on any atom is -0.493 e. The van der Waals surface area contributed by atoms with Gasteiger partial charge in [0.05, 0.1) is 12.4 Å². The summed E-state index contributed by atoms with van der Waals surface area (Å²) in [7, 11) is -2.90.